The van der Waals surface area contributed by atoms with E-state index in [0.29, 0.717) is 36.2 Å². The van der Waals surface area contributed by atoms with Gasteiger partial charge in [-0.2, -0.15) is 0 Å². The van der Waals surface area contributed by atoms with E-state index in [1.165, 1.54) is 41.1 Å². The van der Waals surface area contributed by atoms with Crippen molar-refractivity contribution in [3.63, 3.8) is 0 Å². The highest BCUT2D eigenvalue weighted by atomic mass is 16.5. The molecule has 0 aromatic carbocycles. The molecule has 0 spiro atoms. The summed E-state index contributed by atoms with van der Waals surface area (Å²) in [5.41, 5.74) is 5.37. The number of ether oxygens (including phenoxy) is 2. The molecule has 0 aromatic heterocycles. The van der Waals surface area contributed by atoms with Crippen LogP contribution in [0.3, 0.4) is 0 Å². The number of allylic oxidation sites excluding steroid dienone is 8. The Hall–Kier alpha value is -1.64. The Morgan fingerprint density at radius 1 is 0.970 bits per heavy atom. The van der Waals surface area contributed by atoms with Gasteiger partial charge in [0.25, 0.3) is 0 Å². The Morgan fingerprint density at radius 2 is 1.70 bits per heavy atom. The van der Waals surface area contributed by atoms with Gasteiger partial charge in [0, 0.05) is 11.8 Å². The largest absolute Gasteiger partial charge is 0.500 e. The summed E-state index contributed by atoms with van der Waals surface area (Å²) < 4.78 is 12.6. The van der Waals surface area contributed by atoms with Crippen LogP contribution >= 0.6 is 0 Å². The van der Waals surface area contributed by atoms with Gasteiger partial charge in [0.2, 0.25) is 0 Å². The third-order valence-electron chi connectivity index (χ3n) is 8.18. The monoisotopic (exact) mass is 448 g/mol. The summed E-state index contributed by atoms with van der Waals surface area (Å²) in [4.78, 5) is 0. The smallest absolute Gasteiger partial charge is 0.108 e. The molecular formula is C30H45BO2. The third-order valence-corrected chi connectivity index (χ3v) is 8.18. The molecule has 3 aliphatic rings. The van der Waals surface area contributed by atoms with Gasteiger partial charge in [-0.15, -0.1) is 5.47 Å². The summed E-state index contributed by atoms with van der Waals surface area (Å²) in [7, 11) is 8.46. The lowest BCUT2D eigenvalue weighted by Gasteiger charge is -2.39. The first-order chi connectivity index (χ1) is 15.9. The van der Waals surface area contributed by atoms with Crippen molar-refractivity contribution >= 4 is 7.85 Å². The van der Waals surface area contributed by atoms with Crippen LogP contribution in [0.25, 0.3) is 0 Å². The van der Waals surface area contributed by atoms with Crippen molar-refractivity contribution in [1.82, 2.24) is 0 Å². The lowest BCUT2D eigenvalue weighted by Crippen LogP contribution is -2.29. The van der Waals surface area contributed by atoms with Crippen LogP contribution in [0.2, 0.25) is 0 Å². The van der Waals surface area contributed by atoms with E-state index in [4.69, 9.17) is 17.3 Å². The molecular weight excluding hydrogens is 403 g/mol. The maximum atomic E-state index is 6.60. The average molecular weight is 449 g/mol. The van der Waals surface area contributed by atoms with Gasteiger partial charge in [-0.05, 0) is 80.3 Å². The van der Waals surface area contributed by atoms with Crippen LogP contribution < -0.4 is 0 Å². The van der Waals surface area contributed by atoms with E-state index in [9.17, 15) is 0 Å². The number of fused-ring (bicyclic) bond motifs is 3. The first kappa shape index (κ1) is 26.0. The lowest BCUT2D eigenvalue weighted by molar-refractivity contribution is 0.156. The molecule has 0 heterocycles. The maximum Gasteiger partial charge on any atom is 0.108 e. The van der Waals surface area contributed by atoms with Gasteiger partial charge in [-0.1, -0.05) is 64.5 Å². The summed E-state index contributed by atoms with van der Waals surface area (Å²) >= 11 is 0. The second-order valence-corrected chi connectivity index (χ2v) is 10.3. The Bertz CT molecular complexity index is 841. The van der Waals surface area contributed by atoms with Crippen LogP contribution in [0.4, 0.5) is 0 Å². The van der Waals surface area contributed by atoms with E-state index in [2.05, 4.69) is 65.8 Å². The molecule has 2 bridgehead atoms. The highest BCUT2D eigenvalue weighted by Gasteiger charge is 2.39. The Morgan fingerprint density at radius 3 is 2.27 bits per heavy atom. The van der Waals surface area contributed by atoms with Crippen molar-refractivity contribution in [2.24, 2.45) is 35.5 Å². The van der Waals surface area contributed by atoms with Crippen LogP contribution in [-0.2, 0) is 9.47 Å². The molecule has 2 nitrogen and oxygen atoms in total. The maximum absolute atomic E-state index is 6.60. The molecule has 0 saturated heterocycles. The molecule has 0 amide bonds. The molecule has 0 N–H and O–H groups in total. The van der Waals surface area contributed by atoms with Crippen molar-refractivity contribution in [2.45, 2.75) is 80.1 Å². The molecule has 5 atom stereocenters. The molecule has 180 valence electrons. The molecule has 3 rings (SSSR count). The predicted octanol–water partition coefficient (Wildman–Crippen LogP) is 7.89. The van der Waals surface area contributed by atoms with E-state index in [0.717, 1.165) is 31.2 Å². The highest BCUT2D eigenvalue weighted by molar-refractivity contribution is 6.22. The van der Waals surface area contributed by atoms with E-state index in [1.807, 2.05) is 7.11 Å². The van der Waals surface area contributed by atoms with Gasteiger partial charge in [-0.3, -0.25) is 0 Å². The van der Waals surface area contributed by atoms with Crippen molar-refractivity contribution < 1.29 is 9.47 Å². The van der Waals surface area contributed by atoms with Gasteiger partial charge >= 0.3 is 0 Å². The zero-order valence-corrected chi connectivity index (χ0v) is 22.1. The van der Waals surface area contributed by atoms with E-state index in [1.54, 1.807) is 0 Å². The highest BCUT2D eigenvalue weighted by Crippen LogP contribution is 2.48. The Labute approximate surface area is 204 Å². The normalized spacial score (nSPS) is 30.1. The van der Waals surface area contributed by atoms with E-state index >= 15 is 0 Å². The fourth-order valence-corrected chi connectivity index (χ4v) is 6.54. The van der Waals surface area contributed by atoms with Crippen LogP contribution in [0.5, 0.6) is 0 Å². The van der Waals surface area contributed by atoms with Crippen molar-refractivity contribution in [3.8, 4) is 0 Å². The Kier molecular flexibility index (Phi) is 9.19. The molecule has 0 aromatic rings. The zero-order chi connectivity index (χ0) is 24.1. The van der Waals surface area contributed by atoms with Crippen LogP contribution in [0, 0.1) is 35.5 Å². The second-order valence-electron chi connectivity index (χ2n) is 10.3. The molecule has 2 radical (unpaired) electrons. The summed E-state index contributed by atoms with van der Waals surface area (Å²) in [6.45, 7) is 14.2. The standard InChI is InChI=1S/C30H45BO2/c1-8-20-12-13-21-14-16-25(20)27(31)17-15-22(21)18-26-23(9-2)30(32-7)28(19(5)6)24(10-3)29(26)33-11-4/h12-13,15,17,19-21,25-26,28H,8-11,14,16,18H2,1-7H3/t20?,21?,25?,26-,28+/m1/s1. The van der Waals surface area contributed by atoms with E-state index < -0.39 is 0 Å². The van der Waals surface area contributed by atoms with Gasteiger partial charge in [0.15, 0.2) is 0 Å². The fourth-order valence-electron chi connectivity index (χ4n) is 6.54. The number of hydrogen-bond donors (Lipinski definition) is 0. The summed E-state index contributed by atoms with van der Waals surface area (Å²) in [5.74, 6) is 4.92. The average Bonchev–Trinajstić information content (AvgIpc) is 3.00. The van der Waals surface area contributed by atoms with Gasteiger partial charge < -0.3 is 9.47 Å². The minimum absolute atomic E-state index is 0.240. The van der Waals surface area contributed by atoms with Gasteiger partial charge in [-0.25, -0.2) is 0 Å². The van der Waals surface area contributed by atoms with Crippen LogP contribution in [-0.4, -0.2) is 21.6 Å². The number of rotatable bonds is 9. The molecule has 0 saturated carbocycles. The Balaban J connectivity index is 2.09. The predicted molar refractivity (Wildman–Crippen MR) is 141 cm³/mol. The summed E-state index contributed by atoms with van der Waals surface area (Å²) in [6.07, 6.45) is 15.9. The zero-order valence-electron chi connectivity index (χ0n) is 22.1. The molecule has 3 heteroatoms. The quantitative estimate of drug-likeness (QED) is 0.264. The SMILES string of the molecule is [B]C1=CC=C(C[C@@H]2C(CC)=C(OC)[C@@H](C(C)C)C(CC)=C2OCC)C2C=CC(CC)C1CC2. The van der Waals surface area contributed by atoms with Gasteiger partial charge in [0.1, 0.15) is 19.4 Å². The van der Waals surface area contributed by atoms with Crippen molar-refractivity contribution in [3.05, 3.63) is 58.0 Å². The fraction of sp³-hybridized carbons (Fsp3) is 0.667. The number of methoxy groups -OCH3 is 1. The van der Waals surface area contributed by atoms with Crippen LogP contribution in [0.15, 0.2) is 58.0 Å². The van der Waals surface area contributed by atoms with Crippen LogP contribution in [0.1, 0.15) is 80.1 Å². The lowest BCUT2D eigenvalue weighted by atomic mass is 9.69. The first-order valence-corrected chi connectivity index (χ1v) is 13.4. The minimum Gasteiger partial charge on any atom is -0.500 e. The van der Waals surface area contributed by atoms with Crippen molar-refractivity contribution in [2.75, 3.05) is 13.7 Å². The summed E-state index contributed by atoms with van der Waals surface area (Å²) in [5, 5.41) is 0. The summed E-state index contributed by atoms with van der Waals surface area (Å²) in [6, 6.07) is 0. The van der Waals surface area contributed by atoms with Gasteiger partial charge in [0.05, 0.1) is 13.7 Å². The minimum atomic E-state index is 0.240. The number of hydrogen-bond acceptors (Lipinski definition) is 2. The first-order valence-electron chi connectivity index (χ1n) is 13.4. The topological polar surface area (TPSA) is 18.5 Å². The molecule has 3 unspecified atom stereocenters. The second kappa shape index (κ2) is 11.7. The van der Waals surface area contributed by atoms with E-state index in [-0.39, 0.29) is 5.92 Å². The van der Waals surface area contributed by atoms with Crippen molar-refractivity contribution in [1.29, 1.82) is 0 Å². The molecule has 0 fully saturated rings. The third kappa shape index (κ3) is 5.23. The molecule has 3 aliphatic carbocycles. The molecule has 0 aliphatic heterocycles. The molecule has 33 heavy (non-hydrogen) atoms.